The van der Waals surface area contributed by atoms with E-state index in [1.165, 1.54) is 0 Å². The second-order valence-corrected chi connectivity index (χ2v) is 4.05. The predicted octanol–water partition coefficient (Wildman–Crippen LogP) is 2.69. The summed E-state index contributed by atoms with van der Waals surface area (Å²) < 4.78 is 5.29. The standard InChI is InChI=1S/C14H17NO2/c1-3-12(17-2)14(16)11-8-4-6-10-7-5-9-15-13(10)11/h4-9,12,14,16H,3H2,1-2H3. The van der Waals surface area contributed by atoms with Gasteiger partial charge in [0.25, 0.3) is 0 Å². The van der Waals surface area contributed by atoms with Crippen LogP contribution < -0.4 is 0 Å². The maximum atomic E-state index is 10.3. The Labute approximate surface area is 101 Å². The molecule has 0 saturated heterocycles. The van der Waals surface area contributed by atoms with E-state index in [-0.39, 0.29) is 6.10 Å². The number of aliphatic hydroxyl groups is 1. The van der Waals surface area contributed by atoms with E-state index in [2.05, 4.69) is 4.98 Å². The lowest BCUT2D eigenvalue weighted by atomic mass is 9.99. The number of benzene rings is 1. The molecule has 1 aromatic heterocycles. The Bertz CT molecular complexity index is 489. The number of hydrogen-bond donors (Lipinski definition) is 1. The van der Waals surface area contributed by atoms with Crippen molar-refractivity contribution in [1.29, 1.82) is 0 Å². The van der Waals surface area contributed by atoms with Gasteiger partial charge in [-0.2, -0.15) is 0 Å². The van der Waals surface area contributed by atoms with Crippen molar-refractivity contribution < 1.29 is 9.84 Å². The lowest BCUT2D eigenvalue weighted by molar-refractivity contribution is -0.0142. The molecular weight excluding hydrogens is 214 g/mol. The highest BCUT2D eigenvalue weighted by Gasteiger charge is 2.20. The lowest BCUT2D eigenvalue weighted by Crippen LogP contribution is -2.20. The first-order valence-corrected chi connectivity index (χ1v) is 5.82. The topological polar surface area (TPSA) is 42.4 Å². The van der Waals surface area contributed by atoms with Crippen molar-refractivity contribution in [3.8, 4) is 0 Å². The number of methoxy groups -OCH3 is 1. The van der Waals surface area contributed by atoms with Crippen LogP contribution in [0.3, 0.4) is 0 Å². The highest BCUT2D eigenvalue weighted by Crippen LogP contribution is 2.26. The molecule has 0 fully saturated rings. The zero-order chi connectivity index (χ0) is 12.3. The molecule has 0 amide bonds. The van der Waals surface area contributed by atoms with Crippen LogP contribution in [0.4, 0.5) is 0 Å². The van der Waals surface area contributed by atoms with Crippen LogP contribution >= 0.6 is 0 Å². The Morgan fingerprint density at radius 2 is 2.06 bits per heavy atom. The number of aliphatic hydroxyl groups excluding tert-OH is 1. The van der Waals surface area contributed by atoms with Crippen molar-refractivity contribution in [2.45, 2.75) is 25.6 Å². The SMILES string of the molecule is CCC(OC)C(O)c1cccc2cccnc12. The van der Waals surface area contributed by atoms with Crippen molar-refractivity contribution in [3.63, 3.8) is 0 Å². The molecule has 0 bridgehead atoms. The quantitative estimate of drug-likeness (QED) is 0.879. The Morgan fingerprint density at radius 3 is 2.76 bits per heavy atom. The zero-order valence-corrected chi connectivity index (χ0v) is 10.1. The molecule has 1 heterocycles. The van der Waals surface area contributed by atoms with E-state index in [0.29, 0.717) is 0 Å². The minimum absolute atomic E-state index is 0.192. The molecule has 3 heteroatoms. The third kappa shape index (κ3) is 2.30. The molecule has 17 heavy (non-hydrogen) atoms. The van der Waals surface area contributed by atoms with Gasteiger partial charge >= 0.3 is 0 Å². The van der Waals surface area contributed by atoms with E-state index in [4.69, 9.17) is 4.74 Å². The van der Waals surface area contributed by atoms with Crippen LogP contribution in [0, 0.1) is 0 Å². The van der Waals surface area contributed by atoms with Gasteiger partial charge in [-0.1, -0.05) is 31.2 Å². The summed E-state index contributed by atoms with van der Waals surface area (Å²) >= 11 is 0. The van der Waals surface area contributed by atoms with Crippen LogP contribution in [-0.2, 0) is 4.74 Å². The van der Waals surface area contributed by atoms with Gasteiger partial charge in [0.1, 0.15) is 6.10 Å². The summed E-state index contributed by atoms with van der Waals surface area (Å²) in [7, 11) is 1.62. The van der Waals surface area contributed by atoms with E-state index in [1.807, 2.05) is 37.3 Å². The van der Waals surface area contributed by atoms with Crippen molar-refractivity contribution in [3.05, 3.63) is 42.1 Å². The average Bonchev–Trinajstić information content (AvgIpc) is 2.39. The fourth-order valence-electron chi connectivity index (χ4n) is 2.09. The summed E-state index contributed by atoms with van der Waals surface area (Å²) in [6.07, 6.45) is 1.68. The Morgan fingerprint density at radius 1 is 1.29 bits per heavy atom. The van der Waals surface area contributed by atoms with Crippen LogP contribution in [0.5, 0.6) is 0 Å². The number of ether oxygens (including phenoxy) is 1. The van der Waals surface area contributed by atoms with Gasteiger partial charge in [0.15, 0.2) is 0 Å². The van der Waals surface area contributed by atoms with Crippen molar-refractivity contribution >= 4 is 10.9 Å². The largest absolute Gasteiger partial charge is 0.386 e. The molecule has 2 aromatic rings. The molecule has 1 aromatic carbocycles. The van der Waals surface area contributed by atoms with Crippen molar-refractivity contribution in [2.24, 2.45) is 0 Å². The lowest BCUT2D eigenvalue weighted by Gasteiger charge is -2.21. The van der Waals surface area contributed by atoms with E-state index in [9.17, 15) is 5.11 Å². The van der Waals surface area contributed by atoms with Gasteiger partial charge in [0.05, 0.1) is 11.6 Å². The number of aromatic nitrogens is 1. The molecule has 90 valence electrons. The van der Waals surface area contributed by atoms with E-state index < -0.39 is 6.10 Å². The van der Waals surface area contributed by atoms with Gasteiger partial charge in [-0.25, -0.2) is 0 Å². The van der Waals surface area contributed by atoms with E-state index >= 15 is 0 Å². The number of rotatable bonds is 4. The predicted molar refractivity (Wildman–Crippen MR) is 67.8 cm³/mol. The van der Waals surface area contributed by atoms with Gasteiger partial charge < -0.3 is 9.84 Å². The third-order valence-corrected chi connectivity index (χ3v) is 3.04. The molecule has 0 spiro atoms. The molecule has 0 radical (unpaired) electrons. The monoisotopic (exact) mass is 231 g/mol. The molecule has 2 atom stereocenters. The van der Waals surface area contributed by atoms with Gasteiger partial charge in [-0.05, 0) is 12.5 Å². The summed E-state index contributed by atoms with van der Waals surface area (Å²) in [4.78, 5) is 4.34. The van der Waals surface area contributed by atoms with Crippen LogP contribution in [0.1, 0.15) is 25.0 Å². The van der Waals surface area contributed by atoms with Crippen LogP contribution in [0.2, 0.25) is 0 Å². The first-order chi connectivity index (χ1) is 8.27. The molecule has 0 aliphatic carbocycles. The Hall–Kier alpha value is -1.45. The van der Waals surface area contributed by atoms with E-state index in [1.54, 1.807) is 13.3 Å². The Balaban J connectivity index is 2.47. The summed E-state index contributed by atoms with van der Waals surface area (Å²) in [5.41, 5.74) is 1.68. The van der Waals surface area contributed by atoms with Crippen LogP contribution in [0.25, 0.3) is 10.9 Å². The first kappa shape index (κ1) is 12.0. The average molecular weight is 231 g/mol. The van der Waals surface area contributed by atoms with Crippen molar-refractivity contribution in [2.75, 3.05) is 7.11 Å². The molecule has 0 aliphatic heterocycles. The third-order valence-electron chi connectivity index (χ3n) is 3.04. The van der Waals surface area contributed by atoms with Crippen molar-refractivity contribution in [1.82, 2.24) is 4.98 Å². The second-order valence-electron chi connectivity index (χ2n) is 4.05. The van der Waals surface area contributed by atoms with Gasteiger partial charge in [0, 0.05) is 24.3 Å². The number of pyridine rings is 1. The summed E-state index contributed by atoms with van der Waals surface area (Å²) in [5, 5.41) is 11.4. The fraction of sp³-hybridized carbons (Fsp3) is 0.357. The maximum Gasteiger partial charge on any atom is 0.107 e. The minimum atomic E-state index is -0.636. The highest BCUT2D eigenvalue weighted by molar-refractivity contribution is 5.81. The summed E-state index contributed by atoms with van der Waals surface area (Å²) in [6.45, 7) is 2.00. The van der Waals surface area contributed by atoms with Gasteiger partial charge in [-0.15, -0.1) is 0 Å². The fourth-order valence-corrected chi connectivity index (χ4v) is 2.09. The minimum Gasteiger partial charge on any atom is -0.386 e. The first-order valence-electron chi connectivity index (χ1n) is 5.82. The Kier molecular flexibility index (Phi) is 3.71. The second kappa shape index (κ2) is 5.25. The summed E-state index contributed by atoms with van der Waals surface area (Å²) in [5.74, 6) is 0. The molecule has 0 saturated carbocycles. The van der Waals surface area contributed by atoms with Crippen LogP contribution in [-0.4, -0.2) is 23.3 Å². The van der Waals surface area contributed by atoms with Gasteiger partial charge in [-0.3, -0.25) is 4.98 Å². The molecule has 1 N–H and O–H groups in total. The summed E-state index contributed by atoms with van der Waals surface area (Å²) in [6, 6.07) is 9.72. The smallest absolute Gasteiger partial charge is 0.107 e. The molecule has 2 unspecified atom stereocenters. The molecule has 3 nitrogen and oxygen atoms in total. The number of fused-ring (bicyclic) bond motifs is 1. The molecule has 2 rings (SSSR count). The number of para-hydroxylation sites is 1. The highest BCUT2D eigenvalue weighted by atomic mass is 16.5. The van der Waals surface area contributed by atoms with Crippen LogP contribution in [0.15, 0.2) is 36.5 Å². The molecule has 0 aliphatic rings. The van der Waals surface area contributed by atoms with Gasteiger partial charge in [0.2, 0.25) is 0 Å². The maximum absolute atomic E-state index is 10.3. The van der Waals surface area contributed by atoms with E-state index in [0.717, 1.165) is 22.9 Å². The number of hydrogen-bond acceptors (Lipinski definition) is 3. The number of nitrogens with zero attached hydrogens (tertiary/aromatic N) is 1. The zero-order valence-electron chi connectivity index (χ0n) is 10.1. The molecular formula is C14H17NO2. The normalized spacial score (nSPS) is 14.8.